The number of H-pyrrole nitrogens is 1. The maximum Gasteiger partial charge on any atom is 0.268 e. The third-order valence-electron chi connectivity index (χ3n) is 1.24. The van der Waals surface area contributed by atoms with Crippen LogP contribution in [-0.2, 0) is 0 Å². The molecule has 0 saturated heterocycles. The minimum Gasteiger partial charge on any atom is -0.492 e. The molecule has 0 aliphatic heterocycles. The molecule has 1 unspecified atom stereocenters. The van der Waals surface area contributed by atoms with Crippen LogP contribution in [0.15, 0.2) is 4.79 Å². The molecule has 0 saturated carbocycles. The van der Waals surface area contributed by atoms with Crippen LogP contribution in [-0.4, -0.2) is 15.1 Å². The Morgan fingerprint density at radius 2 is 2.33 bits per heavy atom. The van der Waals surface area contributed by atoms with Gasteiger partial charge in [0.25, 0.3) is 5.56 Å². The summed E-state index contributed by atoms with van der Waals surface area (Å²) < 4.78 is 0.175. The number of hydrogen-bond donors (Lipinski definition) is 2. The number of nitrogens with zero attached hydrogens (tertiary/aromatic N) is 1. The summed E-state index contributed by atoms with van der Waals surface area (Å²) in [6, 6.07) is 0. The van der Waals surface area contributed by atoms with Crippen LogP contribution in [0.2, 0.25) is 0 Å². The van der Waals surface area contributed by atoms with Crippen molar-refractivity contribution in [2.45, 2.75) is 12.3 Å². The Labute approximate surface area is 87.1 Å². The Morgan fingerprint density at radius 1 is 1.75 bits per heavy atom. The number of aromatic nitrogens is 2. The first kappa shape index (κ1) is 9.79. The first-order valence-electron chi connectivity index (χ1n) is 3.15. The van der Waals surface area contributed by atoms with Crippen LogP contribution in [0.25, 0.3) is 0 Å². The number of aromatic hydroxyl groups is 1. The minimum absolute atomic E-state index is 0.175. The molecule has 6 heteroatoms. The van der Waals surface area contributed by atoms with Crippen molar-refractivity contribution >= 4 is 34.2 Å². The maximum atomic E-state index is 11.0. The first-order valence-corrected chi connectivity index (χ1v) is 4.66. The zero-order valence-corrected chi connectivity index (χ0v) is 9.05. The Balaban J connectivity index is 3.31. The van der Waals surface area contributed by atoms with E-state index in [2.05, 4.69) is 9.97 Å². The largest absolute Gasteiger partial charge is 0.492 e. The van der Waals surface area contributed by atoms with Crippen LogP contribution in [0.1, 0.15) is 18.1 Å². The van der Waals surface area contributed by atoms with Gasteiger partial charge in [-0.1, -0.05) is 0 Å². The molecule has 1 heterocycles. The highest BCUT2D eigenvalue weighted by molar-refractivity contribution is 14.1. The molecule has 0 aliphatic rings. The number of alkyl halides is 1. The lowest BCUT2D eigenvalue weighted by Gasteiger charge is -2.02. The van der Waals surface area contributed by atoms with Crippen molar-refractivity contribution in [3.05, 3.63) is 19.7 Å². The van der Waals surface area contributed by atoms with Gasteiger partial charge in [0.05, 0.1) is 5.38 Å². The van der Waals surface area contributed by atoms with E-state index in [-0.39, 0.29) is 20.8 Å². The van der Waals surface area contributed by atoms with Gasteiger partial charge < -0.3 is 10.1 Å². The van der Waals surface area contributed by atoms with E-state index in [1.807, 2.05) is 0 Å². The fourth-order valence-corrected chi connectivity index (χ4v) is 1.01. The normalized spacial score (nSPS) is 12.9. The van der Waals surface area contributed by atoms with E-state index < -0.39 is 5.38 Å². The predicted molar refractivity (Wildman–Crippen MR) is 53.5 cm³/mol. The molecule has 0 aromatic carbocycles. The Morgan fingerprint density at radius 3 is 2.75 bits per heavy atom. The molecule has 0 aliphatic carbocycles. The van der Waals surface area contributed by atoms with Crippen molar-refractivity contribution < 1.29 is 5.11 Å². The van der Waals surface area contributed by atoms with Crippen LogP contribution >= 0.6 is 34.2 Å². The van der Waals surface area contributed by atoms with Gasteiger partial charge in [-0.2, -0.15) is 4.98 Å². The molecular formula is C6H6ClIN2O2. The zero-order valence-electron chi connectivity index (χ0n) is 6.14. The lowest BCUT2D eigenvalue weighted by Crippen LogP contribution is -2.14. The monoisotopic (exact) mass is 300 g/mol. The molecule has 0 fully saturated rings. The van der Waals surface area contributed by atoms with E-state index in [0.717, 1.165) is 0 Å². The molecule has 66 valence electrons. The van der Waals surface area contributed by atoms with Gasteiger partial charge in [0, 0.05) is 0 Å². The van der Waals surface area contributed by atoms with E-state index >= 15 is 0 Å². The van der Waals surface area contributed by atoms with Crippen molar-refractivity contribution in [1.29, 1.82) is 0 Å². The molecule has 1 aromatic rings. The number of rotatable bonds is 1. The second kappa shape index (κ2) is 3.61. The first-order chi connectivity index (χ1) is 5.52. The molecular weight excluding hydrogens is 294 g/mol. The highest BCUT2D eigenvalue weighted by Crippen LogP contribution is 2.17. The van der Waals surface area contributed by atoms with Crippen molar-refractivity contribution in [3.63, 3.8) is 0 Å². The number of nitrogens with one attached hydrogen (secondary N) is 1. The number of hydrogen-bond acceptors (Lipinski definition) is 3. The summed E-state index contributed by atoms with van der Waals surface area (Å²) in [5.41, 5.74) is -0.370. The summed E-state index contributed by atoms with van der Waals surface area (Å²) in [7, 11) is 0. The maximum absolute atomic E-state index is 11.0. The highest BCUT2D eigenvalue weighted by atomic mass is 127. The van der Waals surface area contributed by atoms with Gasteiger partial charge in [-0.05, 0) is 29.5 Å². The Hall–Kier alpha value is -0.300. The van der Waals surface area contributed by atoms with E-state index in [1.54, 1.807) is 29.5 Å². The Kier molecular flexibility index (Phi) is 2.94. The molecule has 0 radical (unpaired) electrons. The lowest BCUT2D eigenvalue weighted by atomic mass is 10.4. The van der Waals surface area contributed by atoms with Crippen molar-refractivity contribution in [2.75, 3.05) is 0 Å². The van der Waals surface area contributed by atoms with Crippen LogP contribution in [0.3, 0.4) is 0 Å². The molecule has 4 nitrogen and oxygen atoms in total. The molecule has 1 rings (SSSR count). The van der Waals surface area contributed by atoms with Crippen LogP contribution < -0.4 is 5.56 Å². The van der Waals surface area contributed by atoms with E-state index in [0.29, 0.717) is 0 Å². The zero-order chi connectivity index (χ0) is 9.30. The van der Waals surface area contributed by atoms with Gasteiger partial charge in [0.1, 0.15) is 9.39 Å². The summed E-state index contributed by atoms with van der Waals surface area (Å²) in [5.74, 6) is 0.00133. The summed E-state index contributed by atoms with van der Waals surface area (Å²) in [5, 5.41) is 8.72. The molecule has 0 bridgehead atoms. The predicted octanol–water partition coefficient (Wildman–Crippen LogP) is 1.38. The van der Waals surface area contributed by atoms with Crippen molar-refractivity contribution in [1.82, 2.24) is 9.97 Å². The second-order valence-electron chi connectivity index (χ2n) is 2.20. The van der Waals surface area contributed by atoms with E-state index in [4.69, 9.17) is 16.7 Å². The fourth-order valence-electron chi connectivity index (χ4n) is 0.652. The van der Waals surface area contributed by atoms with E-state index in [9.17, 15) is 4.79 Å². The van der Waals surface area contributed by atoms with Gasteiger partial charge in [-0.15, -0.1) is 11.6 Å². The molecule has 0 amide bonds. The smallest absolute Gasteiger partial charge is 0.268 e. The van der Waals surface area contributed by atoms with Gasteiger partial charge in [0.15, 0.2) is 0 Å². The van der Waals surface area contributed by atoms with E-state index in [1.165, 1.54) is 0 Å². The average Bonchev–Trinajstić information content (AvgIpc) is 1.99. The number of aromatic amines is 1. The lowest BCUT2D eigenvalue weighted by molar-refractivity contribution is 0.443. The number of halogens is 2. The second-order valence-corrected chi connectivity index (χ2v) is 3.94. The van der Waals surface area contributed by atoms with Gasteiger partial charge in [0.2, 0.25) is 5.88 Å². The summed E-state index contributed by atoms with van der Waals surface area (Å²) in [4.78, 5) is 17.2. The standard InChI is InChI=1S/C6H6ClIN2O2/c1-2(7)4-9-5(11)3(8)6(12)10-4/h2H,1H3,(H2,9,10,11,12). The quantitative estimate of drug-likeness (QED) is 0.608. The third-order valence-corrected chi connectivity index (χ3v) is 2.42. The van der Waals surface area contributed by atoms with Gasteiger partial charge >= 0.3 is 0 Å². The molecule has 12 heavy (non-hydrogen) atoms. The van der Waals surface area contributed by atoms with Crippen LogP contribution in [0.4, 0.5) is 0 Å². The molecule has 0 spiro atoms. The molecule has 1 aromatic heterocycles. The minimum atomic E-state index is -0.416. The fraction of sp³-hybridized carbons (Fsp3) is 0.333. The average molecular weight is 300 g/mol. The third kappa shape index (κ3) is 1.89. The highest BCUT2D eigenvalue weighted by Gasteiger charge is 2.10. The summed E-state index contributed by atoms with van der Waals surface area (Å²) in [6.07, 6.45) is 0. The Bertz CT molecular complexity index is 350. The molecule has 1 atom stereocenters. The molecule has 2 N–H and O–H groups in total. The van der Waals surface area contributed by atoms with Crippen LogP contribution in [0.5, 0.6) is 5.88 Å². The SMILES string of the molecule is CC(Cl)c1nc(O)c(I)c(=O)[nH]1. The van der Waals surface area contributed by atoms with Gasteiger partial charge in [-0.3, -0.25) is 4.79 Å². The summed E-state index contributed by atoms with van der Waals surface area (Å²) >= 11 is 7.36. The van der Waals surface area contributed by atoms with Gasteiger partial charge in [-0.25, -0.2) is 0 Å². The van der Waals surface area contributed by atoms with Crippen molar-refractivity contribution in [3.8, 4) is 5.88 Å². The topological polar surface area (TPSA) is 66.0 Å². The van der Waals surface area contributed by atoms with Crippen LogP contribution in [0, 0.1) is 3.57 Å². The van der Waals surface area contributed by atoms with Crippen molar-refractivity contribution in [2.24, 2.45) is 0 Å². The summed E-state index contributed by atoms with van der Waals surface area (Å²) in [6.45, 7) is 1.66.